The molecule has 2 aromatic rings. The van der Waals surface area contributed by atoms with E-state index in [1.54, 1.807) is 11.3 Å². The van der Waals surface area contributed by atoms with E-state index in [4.69, 9.17) is 0 Å². The van der Waals surface area contributed by atoms with Crippen molar-refractivity contribution in [3.63, 3.8) is 0 Å². The number of halogens is 1. The summed E-state index contributed by atoms with van der Waals surface area (Å²) in [5, 5.41) is 3.28. The monoisotopic (exact) mass is 227 g/mol. The Kier molecular flexibility index (Phi) is 1.69. The fourth-order valence-corrected chi connectivity index (χ4v) is 2.55. The van der Waals surface area contributed by atoms with E-state index in [9.17, 15) is 0 Å². The van der Waals surface area contributed by atoms with E-state index in [1.807, 2.05) is 13.0 Å². The van der Waals surface area contributed by atoms with Crippen molar-refractivity contribution < 1.29 is 0 Å². The summed E-state index contributed by atoms with van der Waals surface area (Å²) in [6.45, 7) is 2.01. The summed E-state index contributed by atoms with van der Waals surface area (Å²) in [6, 6.07) is 4.12. The van der Waals surface area contributed by atoms with Gasteiger partial charge in [-0.15, -0.1) is 11.3 Å². The second-order valence-corrected chi connectivity index (χ2v) is 4.10. The quantitative estimate of drug-likeness (QED) is 0.673. The number of aromatic nitrogens is 1. The van der Waals surface area contributed by atoms with Crippen LogP contribution in [0.3, 0.4) is 0 Å². The Balaban J connectivity index is 2.86. The maximum atomic E-state index is 4.38. The number of nitrogens with zero attached hydrogens (tertiary/aromatic N) is 1. The molecule has 1 nitrogen and oxygen atoms in total. The number of hydrogen-bond donors (Lipinski definition) is 0. The highest BCUT2D eigenvalue weighted by Gasteiger charge is 2.00. The Hall–Kier alpha value is -0.410. The van der Waals surface area contributed by atoms with E-state index in [0.29, 0.717) is 0 Å². The smallest absolute Gasteiger partial charge is 0.124 e. The minimum Gasteiger partial charge on any atom is -0.242 e. The number of pyridine rings is 1. The second kappa shape index (κ2) is 2.57. The lowest BCUT2D eigenvalue weighted by Gasteiger charge is -1.90. The first-order chi connectivity index (χ1) is 5.27. The van der Waals surface area contributed by atoms with Crippen LogP contribution in [0.1, 0.15) is 5.69 Å². The van der Waals surface area contributed by atoms with Crippen molar-refractivity contribution in [2.24, 2.45) is 0 Å². The van der Waals surface area contributed by atoms with E-state index < -0.39 is 0 Å². The molecule has 0 fully saturated rings. The predicted octanol–water partition coefficient (Wildman–Crippen LogP) is 3.37. The summed E-state index contributed by atoms with van der Waals surface area (Å²) < 4.78 is 1.14. The van der Waals surface area contributed by atoms with Crippen LogP contribution in [-0.4, -0.2) is 4.98 Å². The highest BCUT2D eigenvalue weighted by Crippen LogP contribution is 2.28. The molecule has 2 rings (SSSR count). The van der Waals surface area contributed by atoms with E-state index >= 15 is 0 Å². The molecule has 0 spiro atoms. The van der Waals surface area contributed by atoms with Crippen LogP contribution in [0, 0.1) is 6.92 Å². The molecule has 0 N–H and O–H groups in total. The van der Waals surface area contributed by atoms with Gasteiger partial charge in [0, 0.05) is 20.9 Å². The zero-order valence-electron chi connectivity index (χ0n) is 5.97. The molecule has 0 saturated heterocycles. The highest BCUT2D eigenvalue weighted by atomic mass is 79.9. The van der Waals surface area contributed by atoms with Gasteiger partial charge in [0.15, 0.2) is 0 Å². The van der Waals surface area contributed by atoms with Gasteiger partial charge in [0.2, 0.25) is 0 Å². The number of aryl methyl sites for hydroxylation is 1. The third-order valence-corrected chi connectivity index (χ3v) is 3.38. The molecule has 0 aliphatic rings. The lowest BCUT2D eigenvalue weighted by Crippen LogP contribution is -1.76. The minimum atomic E-state index is 1.08. The van der Waals surface area contributed by atoms with Crippen molar-refractivity contribution in [1.29, 1.82) is 0 Å². The van der Waals surface area contributed by atoms with Gasteiger partial charge in [-0.3, -0.25) is 0 Å². The van der Waals surface area contributed by atoms with Crippen LogP contribution in [0.5, 0.6) is 0 Å². The van der Waals surface area contributed by atoms with Gasteiger partial charge in [-0.1, -0.05) is 0 Å². The van der Waals surface area contributed by atoms with E-state index in [2.05, 4.69) is 32.4 Å². The Labute approximate surface area is 77.2 Å². The van der Waals surface area contributed by atoms with Crippen molar-refractivity contribution >= 4 is 37.5 Å². The molecule has 11 heavy (non-hydrogen) atoms. The molecule has 2 aromatic heterocycles. The Bertz CT molecular complexity index is 394. The van der Waals surface area contributed by atoms with Gasteiger partial charge in [0.25, 0.3) is 0 Å². The third kappa shape index (κ3) is 1.19. The molecule has 0 atom stereocenters. The molecular formula is C8H6BrNS. The van der Waals surface area contributed by atoms with Gasteiger partial charge >= 0.3 is 0 Å². The third-order valence-electron chi connectivity index (χ3n) is 1.53. The molecular weight excluding hydrogens is 222 g/mol. The van der Waals surface area contributed by atoms with E-state index in [-0.39, 0.29) is 0 Å². The largest absolute Gasteiger partial charge is 0.242 e. The fourth-order valence-electron chi connectivity index (χ4n) is 0.976. The molecule has 0 bridgehead atoms. The van der Waals surface area contributed by atoms with Crippen molar-refractivity contribution in [3.8, 4) is 0 Å². The summed E-state index contributed by atoms with van der Waals surface area (Å²) in [4.78, 5) is 5.49. The van der Waals surface area contributed by atoms with E-state index in [0.717, 1.165) is 15.0 Å². The minimum absolute atomic E-state index is 1.08. The summed E-state index contributed by atoms with van der Waals surface area (Å²) in [5.74, 6) is 0. The van der Waals surface area contributed by atoms with Crippen LogP contribution in [0.25, 0.3) is 10.2 Å². The van der Waals surface area contributed by atoms with Crippen molar-refractivity contribution in [2.45, 2.75) is 6.92 Å². The van der Waals surface area contributed by atoms with Gasteiger partial charge < -0.3 is 0 Å². The second-order valence-electron chi connectivity index (χ2n) is 2.39. The lowest BCUT2D eigenvalue weighted by molar-refractivity contribution is 1.27. The average Bonchev–Trinajstić information content (AvgIpc) is 2.32. The van der Waals surface area contributed by atoms with Crippen LogP contribution in [0.4, 0.5) is 0 Å². The van der Waals surface area contributed by atoms with Crippen molar-refractivity contribution in [3.05, 3.63) is 27.7 Å². The molecule has 0 saturated carbocycles. The first kappa shape index (κ1) is 7.25. The van der Waals surface area contributed by atoms with Crippen LogP contribution in [0.2, 0.25) is 0 Å². The molecule has 0 aliphatic carbocycles. The van der Waals surface area contributed by atoms with Gasteiger partial charge in [-0.05, 0) is 35.0 Å². The molecule has 0 aliphatic heterocycles. The summed E-state index contributed by atoms with van der Waals surface area (Å²) in [5.41, 5.74) is 1.08. The average molecular weight is 228 g/mol. The zero-order chi connectivity index (χ0) is 7.84. The van der Waals surface area contributed by atoms with Gasteiger partial charge in [-0.2, -0.15) is 0 Å². The number of hydrogen-bond acceptors (Lipinski definition) is 2. The Morgan fingerprint density at radius 1 is 1.45 bits per heavy atom. The Morgan fingerprint density at radius 3 is 3.09 bits per heavy atom. The molecule has 0 unspecified atom stereocenters. The molecule has 56 valence electrons. The SMILES string of the molecule is Cc1ccc2c(Br)csc2n1. The molecule has 0 aromatic carbocycles. The van der Waals surface area contributed by atoms with Crippen molar-refractivity contribution in [2.75, 3.05) is 0 Å². The van der Waals surface area contributed by atoms with Crippen LogP contribution >= 0.6 is 27.3 Å². The number of thiophene rings is 1. The molecule has 3 heteroatoms. The topological polar surface area (TPSA) is 12.9 Å². The standard InChI is InChI=1S/C8H6BrNS/c1-5-2-3-6-7(9)4-11-8(6)10-5/h2-4H,1H3. The maximum Gasteiger partial charge on any atom is 0.124 e. The fraction of sp³-hybridized carbons (Fsp3) is 0.125. The maximum absolute atomic E-state index is 4.38. The molecule has 2 heterocycles. The molecule has 0 amide bonds. The predicted molar refractivity (Wildman–Crippen MR) is 52.1 cm³/mol. The van der Waals surface area contributed by atoms with Gasteiger partial charge in [0.1, 0.15) is 4.83 Å². The van der Waals surface area contributed by atoms with E-state index in [1.165, 1.54) is 5.39 Å². The summed E-state index contributed by atoms with van der Waals surface area (Å²) >= 11 is 5.13. The highest BCUT2D eigenvalue weighted by molar-refractivity contribution is 9.10. The normalized spacial score (nSPS) is 10.7. The van der Waals surface area contributed by atoms with Crippen LogP contribution in [0.15, 0.2) is 22.0 Å². The zero-order valence-corrected chi connectivity index (χ0v) is 8.37. The van der Waals surface area contributed by atoms with Crippen LogP contribution in [-0.2, 0) is 0 Å². The summed E-state index contributed by atoms with van der Waals surface area (Å²) in [6.07, 6.45) is 0. The first-order valence-electron chi connectivity index (χ1n) is 3.28. The number of rotatable bonds is 0. The van der Waals surface area contributed by atoms with Gasteiger partial charge in [-0.25, -0.2) is 4.98 Å². The molecule has 0 radical (unpaired) electrons. The summed E-state index contributed by atoms with van der Waals surface area (Å²) in [7, 11) is 0. The van der Waals surface area contributed by atoms with Crippen molar-refractivity contribution in [1.82, 2.24) is 4.98 Å². The first-order valence-corrected chi connectivity index (χ1v) is 4.95. The van der Waals surface area contributed by atoms with Gasteiger partial charge in [0.05, 0.1) is 0 Å². The number of fused-ring (bicyclic) bond motifs is 1. The Morgan fingerprint density at radius 2 is 2.27 bits per heavy atom. The lowest BCUT2D eigenvalue weighted by atomic mass is 10.3. The van der Waals surface area contributed by atoms with Crippen LogP contribution < -0.4 is 0 Å².